The predicted molar refractivity (Wildman–Crippen MR) is 57.8 cm³/mol. The monoisotopic (exact) mass is 212 g/mol. The van der Waals surface area contributed by atoms with Crippen LogP contribution in [0, 0.1) is 0 Å². The van der Waals surface area contributed by atoms with E-state index in [-0.39, 0.29) is 0 Å². The first-order chi connectivity index (χ1) is 6.40. The summed E-state index contributed by atoms with van der Waals surface area (Å²) in [5.74, 6) is 0.941. The molecule has 0 saturated carbocycles. The number of thioether (sulfide) groups is 1. The van der Waals surface area contributed by atoms with Gasteiger partial charge < -0.3 is 4.74 Å². The lowest BCUT2D eigenvalue weighted by Gasteiger charge is -2.06. The molecule has 68 valence electrons. The van der Waals surface area contributed by atoms with E-state index in [2.05, 4.69) is 10.4 Å². The van der Waals surface area contributed by atoms with Crippen molar-refractivity contribution >= 4 is 29.0 Å². The number of benzene rings is 1. The lowest BCUT2D eigenvalue weighted by Crippen LogP contribution is -1.92. The lowest BCUT2D eigenvalue weighted by molar-refractivity contribution is 0.339. The van der Waals surface area contributed by atoms with Crippen LogP contribution in [0.5, 0.6) is 5.75 Å². The zero-order valence-corrected chi connectivity index (χ0v) is 8.95. The zero-order chi connectivity index (χ0) is 9.10. The first-order valence-electron chi connectivity index (χ1n) is 4.13. The Morgan fingerprint density at radius 3 is 3.38 bits per heavy atom. The van der Waals surface area contributed by atoms with E-state index in [1.165, 1.54) is 4.90 Å². The highest BCUT2D eigenvalue weighted by Gasteiger charge is 2.15. The Morgan fingerprint density at radius 1 is 1.62 bits per heavy atom. The molecule has 0 N–H and O–H groups in total. The Bertz CT molecular complexity index is 338. The third kappa shape index (κ3) is 2.00. The average Bonchev–Trinajstić information content (AvgIpc) is 2.18. The van der Waals surface area contributed by atoms with E-state index in [1.54, 1.807) is 11.6 Å². The summed E-state index contributed by atoms with van der Waals surface area (Å²) < 4.78 is 9.74. The fourth-order valence-corrected chi connectivity index (χ4v) is 2.87. The van der Waals surface area contributed by atoms with Gasteiger partial charge in [0.05, 0.1) is 6.61 Å². The molecule has 1 aromatic rings. The Kier molecular flexibility index (Phi) is 2.80. The van der Waals surface area contributed by atoms with Crippen LogP contribution in [0.4, 0.5) is 5.69 Å². The van der Waals surface area contributed by atoms with E-state index >= 15 is 0 Å². The molecule has 0 atom stereocenters. The van der Waals surface area contributed by atoms with Crippen molar-refractivity contribution in [3.63, 3.8) is 0 Å². The first kappa shape index (κ1) is 8.97. The lowest BCUT2D eigenvalue weighted by atomic mass is 10.3. The molecule has 2 rings (SSSR count). The molecule has 13 heavy (non-hydrogen) atoms. The van der Waals surface area contributed by atoms with Gasteiger partial charge in [-0.2, -0.15) is 0 Å². The Hall–Kier alpha value is -0.610. The van der Waals surface area contributed by atoms with Crippen molar-refractivity contribution in [3.05, 3.63) is 18.2 Å². The van der Waals surface area contributed by atoms with Gasteiger partial charge in [-0.3, -0.25) is 0 Å². The number of hydrogen-bond acceptors (Lipinski definition) is 3. The molecule has 2 nitrogen and oxygen atoms in total. The second-order valence-electron chi connectivity index (χ2n) is 2.55. The van der Waals surface area contributed by atoms with Gasteiger partial charge in [-0.15, -0.1) is 0 Å². The van der Waals surface area contributed by atoms with Crippen LogP contribution >= 0.6 is 11.8 Å². The van der Waals surface area contributed by atoms with Crippen molar-refractivity contribution in [2.24, 2.45) is 4.36 Å². The average molecular weight is 212 g/mol. The van der Waals surface area contributed by atoms with Gasteiger partial charge in [0.25, 0.3) is 5.08 Å². The summed E-state index contributed by atoms with van der Waals surface area (Å²) in [5, 5.41) is 1.00. The summed E-state index contributed by atoms with van der Waals surface area (Å²) in [6.07, 6.45) is 0. The van der Waals surface area contributed by atoms with Gasteiger partial charge in [-0.1, -0.05) is 11.8 Å². The maximum atomic E-state index is 5.41. The Labute approximate surface area is 85.8 Å². The third-order valence-corrected chi connectivity index (χ3v) is 3.53. The van der Waals surface area contributed by atoms with Gasteiger partial charge in [-0.05, 0) is 25.1 Å². The van der Waals surface area contributed by atoms with Crippen LogP contribution in [0.25, 0.3) is 0 Å². The molecule has 0 bridgehead atoms. The summed E-state index contributed by atoms with van der Waals surface area (Å²) in [4.78, 5) is 1.23. The third-order valence-electron chi connectivity index (χ3n) is 1.67. The highest BCUT2D eigenvalue weighted by molar-refractivity contribution is 8.07. The van der Waals surface area contributed by atoms with E-state index < -0.39 is 0 Å². The molecule has 1 heterocycles. The molecule has 0 aromatic heterocycles. The fourth-order valence-electron chi connectivity index (χ4n) is 1.13. The minimum Gasteiger partial charge on any atom is -0.494 e. The van der Waals surface area contributed by atoms with Crippen LogP contribution in [0.3, 0.4) is 0 Å². The number of rotatable bonds is 2. The van der Waals surface area contributed by atoms with Crippen molar-refractivity contribution in [2.75, 3.05) is 11.7 Å². The topological polar surface area (TPSA) is 21.6 Å². The van der Waals surface area contributed by atoms with Crippen molar-refractivity contribution in [2.45, 2.75) is 11.8 Å². The van der Waals surface area contributed by atoms with Gasteiger partial charge in [-0.25, -0.2) is 0 Å². The van der Waals surface area contributed by atoms with Crippen molar-refractivity contribution in [3.8, 4) is 5.75 Å². The highest BCUT2D eigenvalue weighted by Crippen LogP contribution is 2.35. The summed E-state index contributed by atoms with van der Waals surface area (Å²) in [7, 11) is 0. The van der Waals surface area contributed by atoms with Gasteiger partial charge in [0.1, 0.15) is 11.4 Å². The van der Waals surface area contributed by atoms with Gasteiger partial charge >= 0.3 is 11.6 Å². The Morgan fingerprint density at radius 2 is 2.54 bits per heavy atom. The van der Waals surface area contributed by atoms with E-state index in [0.717, 1.165) is 23.1 Å². The second kappa shape index (κ2) is 4.07. The first-order valence-corrected chi connectivity index (χ1v) is 6.05. The number of nitrogens with zero attached hydrogens (tertiary/aromatic N) is 1. The SMILES string of the molecule is CCOc1ccc2c(c1)SC[S+]=N2. The molecule has 0 radical (unpaired) electrons. The summed E-state index contributed by atoms with van der Waals surface area (Å²) in [6.45, 7) is 2.71. The smallest absolute Gasteiger partial charge is 0.328 e. The molecule has 1 aliphatic rings. The maximum Gasteiger partial charge on any atom is 0.328 e. The molecule has 4 heteroatoms. The van der Waals surface area contributed by atoms with Crippen LogP contribution < -0.4 is 4.74 Å². The van der Waals surface area contributed by atoms with Crippen molar-refractivity contribution < 1.29 is 4.74 Å². The van der Waals surface area contributed by atoms with Crippen molar-refractivity contribution in [1.82, 2.24) is 0 Å². The van der Waals surface area contributed by atoms with Crippen LogP contribution in [0.1, 0.15) is 6.92 Å². The van der Waals surface area contributed by atoms with Crippen LogP contribution in [-0.2, 0) is 11.6 Å². The van der Waals surface area contributed by atoms with E-state index in [4.69, 9.17) is 4.74 Å². The van der Waals surface area contributed by atoms with Gasteiger partial charge in [0.2, 0.25) is 0 Å². The number of hydrogen-bond donors (Lipinski definition) is 0. The molecule has 0 fully saturated rings. The molecule has 0 amide bonds. The van der Waals surface area contributed by atoms with E-state index in [9.17, 15) is 0 Å². The van der Waals surface area contributed by atoms with Crippen LogP contribution in [0.15, 0.2) is 27.5 Å². The quantitative estimate of drug-likeness (QED) is 0.703. The molecule has 0 unspecified atom stereocenters. The predicted octanol–water partition coefficient (Wildman–Crippen LogP) is 3.05. The summed E-state index contributed by atoms with van der Waals surface area (Å²) >= 11 is 3.42. The molecule has 0 aliphatic carbocycles. The van der Waals surface area contributed by atoms with Gasteiger partial charge in [0.15, 0.2) is 0 Å². The standard InChI is InChI=1S/C9H10NOS2/c1-2-11-7-3-4-8-9(5-7)12-6-13-10-8/h3-5H,2,6H2,1H3/q+1. The molecule has 0 spiro atoms. The van der Waals surface area contributed by atoms with E-state index in [0.29, 0.717) is 0 Å². The Balaban J connectivity index is 2.31. The minimum atomic E-state index is 0.718. The molecule has 1 aromatic carbocycles. The normalized spacial score (nSPS) is 13.9. The van der Waals surface area contributed by atoms with Crippen LogP contribution in [-0.4, -0.2) is 11.7 Å². The minimum absolute atomic E-state index is 0.718. The van der Waals surface area contributed by atoms with Crippen LogP contribution in [0.2, 0.25) is 0 Å². The fraction of sp³-hybridized carbons (Fsp3) is 0.333. The van der Waals surface area contributed by atoms with Gasteiger partial charge in [0, 0.05) is 9.26 Å². The molecule has 1 aliphatic heterocycles. The largest absolute Gasteiger partial charge is 0.494 e. The zero-order valence-electron chi connectivity index (χ0n) is 7.32. The molecular weight excluding hydrogens is 202 g/mol. The van der Waals surface area contributed by atoms with Crippen molar-refractivity contribution in [1.29, 1.82) is 0 Å². The summed E-state index contributed by atoms with van der Waals surface area (Å²) in [6, 6.07) is 6.05. The highest BCUT2D eigenvalue weighted by atomic mass is 32.2. The maximum absolute atomic E-state index is 5.41. The van der Waals surface area contributed by atoms with E-state index in [1.807, 2.05) is 30.8 Å². The molecular formula is C9H10NOS2+. The second-order valence-corrected chi connectivity index (χ2v) is 4.66. The number of ether oxygens (including phenoxy) is 1. The summed E-state index contributed by atoms with van der Waals surface area (Å²) in [5.41, 5.74) is 1.07. The molecule has 0 saturated heterocycles. The number of fused-ring (bicyclic) bond motifs is 1.